The number of alkyl halides is 3. The average molecular weight is 535 g/mol. The molecule has 1 fully saturated rings. The predicted molar refractivity (Wildman–Crippen MR) is 140 cm³/mol. The highest BCUT2D eigenvalue weighted by molar-refractivity contribution is 5.95. The third-order valence-electron chi connectivity index (χ3n) is 7.44. The lowest BCUT2D eigenvalue weighted by atomic mass is 9.88. The molecule has 1 aromatic heterocycles. The van der Waals surface area contributed by atoms with Crippen molar-refractivity contribution in [3.8, 4) is 0 Å². The third-order valence-corrected chi connectivity index (χ3v) is 7.44. The summed E-state index contributed by atoms with van der Waals surface area (Å²) in [5.41, 5.74) is 2.25. The smallest absolute Gasteiger partial charge is 0.388 e. The normalized spacial score (nSPS) is 18.3. The van der Waals surface area contributed by atoms with E-state index in [0.29, 0.717) is 42.8 Å². The summed E-state index contributed by atoms with van der Waals surface area (Å²) in [5, 5.41) is 18.8. The molecule has 1 aliphatic heterocycles. The fraction of sp³-hybridized carbons (Fsp3) is 0.300. The summed E-state index contributed by atoms with van der Waals surface area (Å²) in [6.45, 7) is 2.90. The van der Waals surface area contributed by atoms with Crippen molar-refractivity contribution in [3.63, 3.8) is 0 Å². The number of hydrogen-bond donors (Lipinski definition) is 1. The molecule has 0 radical (unpaired) electrons. The lowest BCUT2D eigenvalue weighted by Crippen LogP contribution is -2.42. The van der Waals surface area contributed by atoms with Gasteiger partial charge in [-0.25, -0.2) is 4.68 Å². The summed E-state index contributed by atoms with van der Waals surface area (Å²) in [4.78, 5) is 15.2. The number of likely N-dealkylation sites (tertiary alicyclic amines) is 1. The molecule has 6 nitrogen and oxygen atoms in total. The molecule has 0 bridgehead atoms. The SMILES string of the molecule is CC1(c2ccc(C(F)(F)F)cc2)CCCN1C(=O)c1ccc(Cn2cc(CC(O)c3ccccc3)nn2)cc1. The van der Waals surface area contributed by atoms with E-state index >= 15 is 0 Å². The second kappa shape index (κ2) is 10.6. The fourth-order valence-corrected chi connectivity index (χ4v) is 5.20. The van der Waals surface area contributed by atoms with Crippen molar-refractivity contribution in [1.29, 1.82) is 0 Å². The van der Waals surface area contributed by atoms with E-state index in [-0.39, 0.29) is 5.91 Å². The number of carbonyl (C=O) groups excluding carboxylic acids is 1. The van der Waals surface area contributed by atoms with Gasteiger partial charge in [0.25, 0.3) is 5.91 Å². The van der Waals surface area contributed by atoms with E-state index < -0.39 is 23.4 Å². The van der Waals surface area contributed by atoms with Crippen LogP contribution in [-0.4, -0.2) is 37.5 Å². The molecule has 5 rings (SSSR count). The number of rotatable bonds is 7. The van der Waals surface area contributed by atoms with E-state index in [0.717, 1.165) is 29.7 Å². The van der Waals surface area contributed by atoms with Crippen LogP contribution in [0.4, 0.5) is 13.2 Å². The molecule has 1 amide bonds. The largest absolute Gasteiger partial charge is 0.416 e. The Labute approximate surface area is 224 Å². The van der Waals surface area contributed by atoms with E-state index in [9.17, 15) is 23.1 Å². The molecule has 0 spiro atoms. The van der Waals surface area contributed by atoms with Crippen LogP contribution in [0, 0.1) is 0 Å². The van der Waals surface area contributed by atoms with Gasteiger partial charge in [0.1, 0.15) is 0 Å². The maximum atomic E-state index is 13.4. The zero-order chi connectivity index (χ0) is 27.6. The van der Waals surface area contributed by atoms with Gasteiger partial charge < -0.3 is 10.0 Å². The Morgan fingerprint density at radius 2 is 1.72 bits per heavy atom. The number of aliphatic hydroxyl groups is 1. The first-order chi connectivity index (χ1) is 18.6. The number of nitrogens with zero attached hydrogens (tertiary/aromatic N) is 4. The van der Waals surface area contributed by atoms with Gasteiger partial charge in [0.2, 0.25) is 0 Å². The zero-order valence-corrected chi connectivity index (χ0v) is 21.5. The minimum Gasteiger partial charge on any atom is -0.388 e. The first kappa shape index (κ1) is 26.6. The minimum atomic E-state index is -4.40. The van der Waals surface area contributed by atoms with Gasteiger partial charge in [-0.3, -0.25) is 4.79 Å². The highest BCUT2D eigenvalue weighted by atomic mass is 19.4. The van der Waals surface area contributed by atoms with Crippen LogP contribution in [0.1, 0.15) is 64.2 Å². The molecular formula is C30H29F3N4O2. The number of aromatic nitrogens is 3. The molecule has 1 aliphatic rings. The van der Waals surface area contributed by atoms with Crippen LogP contribution in [0.15, 0.2) is 85.1 Å². The predicted octanol–water partition coefficient (Wildman–Crippen LogP) is 5.77. The van der Waals surface area contributed by atoms with Crippen molar-refractivity contribution < 1.29 is 23.1 Å². The molecular weight excluding hydrogens is 505 g/mol. The van der Waals surface area contributed by atoms with E-state index in [2.05, 4.69) is 10.3 Å². The van der Waals surface area contributed by atoms with Crippen LogP contribution in [0.5, 0.6) is 0 Å². The molecule has 1 saturated heterocycles. The van der Waals surface area contributed by atoms with E-state index in [1.54, 1.807) is 27.9 Å². The summed E-state index contributed by atoms with van der Waals surface area (Å²) >= 11 is 0. The van der Waals surface area contributed by atoms with Crippen molar-refractivity contribution >= 4 is 5.91 Å². The maximum Gasteiger partial charge on any atom is 0.416 e. The minimum absolute atomic E-state index is 0.153. The van der Waals surface area contributed by atoms with Gasteiger partial charge in [-0.1, -0.05) is 59.8 Å². The highest BCUT2D eigenvalue weighted by Gasteiger charge is 2.41. The molecule has 0 saturated carbocycles. The Morgan fingerprint density at radius 1 is 1.03 bits per heavy atom. The van der Waals surface area contributed by atoms with Crippen LogP contribution in [0.25, 0.3) is 0 Å². The van der Waals surface area contributed by atoms with Gasteiger partial charge in [0, 0.05) is 24.7 Å². The maximum absolute atomic E-state index is 13.4. The Bertz CT molecular complexity index is 1420. The van der Waals surface area contributed by atoms with Crippen LogP contribution in [0.2, 0.25) is 0 Å². The first-order valence-corrected chi connectivity index (χ1v) is 12.8. The van der Waals surface area contributed by atoms with E-state index in [1.807, 2.05) is 49.4 Å². The summed E-state index contributed by atoms with van der Waals surface area (Å²) in [5.74, 6) is -0.153. The Balaban J connectivity index is 1.24. The molecule has 3 aromatic carbocycles. The summed E-state index contributed by atoms with van der Waals surface area (Å²) in [7, 11) is 0. The lowest BCUT2D eigenvalue weighted by Gasteiger charge is -2.36. The second-order valence-electron chi connectivity index (χ2n) is 10.1. The van der Waals surface area contributed by atoms with Crippen LogP contribution >= 0.6 is 0 Å². The van der Waals surface area contributed by atoms with Crippen LogP contribution < -0.4 is 0 Å². The van der Waals surface area contributed by atoms with Crippen LogP contribution in [-0.2, 0) is 24.7 Å². The number of aliphatic hydroxyl groups excluding tert-OH is 1. The van der Waals surface area contributed by atoms with Crippen molar-refractivity contribution in [2.24, 2.45) is 0 Å². The molecule has 2 heterocycles. The number of hydrogen-bond acceptors (Lipinski definition) is 4. The number of carbonyl (C=O) groups is 1. The number of halogens is 3. The Hall–Kier alpha value is -3.98. The van der Waals surface area contributed by atoms with E-state index in [1.165, 1.54) is 12.1 Å². The monoisotopic (exact) mass is 534 g/mol. The van der Waals surface area contributed by atoms with E-state index in [4.69, 9.17) is 0 Å². The van der Waals surface area contributed by atoms with Crippen LogP contribution in [0.3, 0.4) is 0 Å². The summed E-state index contributed by atoms with van der Waals surface area (Å²) in [6.07, 6.45) is -1.47. The van der Waals surface area contributed by atoms with Crippen molar-refractivity contribution in [1.82, 2.24) is 19.9 Å². The van der Waals surface area contributed by atoms with Crippen molar-refractivity contribution in [3.05, 3.63) is 119 Å². The first-order valence-electron chi connectivity index (χ1n) is 12.8. The molecule has 0 aliphatic carbocycles. The standard InChI is InChI=1S/C30H29F3N4O2/c1-29(24-12-14-25(15-13-24)30(31,32)33)16-5-17-37(29)28(39)23-10-8-21(9-11-23)19-36-20-26(34-35-36)18-27(38)22-6-3-2-4-7-22/h2-4,6-15,20,27,38H,5,16-19H2,1H3. The summed E-state index contributed by atoms with van der Waals surface area (Å²) < 4.78 is 40.7. The van der Waals surface area contributed by atoms with Gasteiger partial charge in [-0.15, -0.1) is 5.10 Å². The second-order valence-corrected chi connectivity index (χ2v) is 10.1. The molecule has 202 valence electrons. The summed E-state index contributed by atoms with van der Waals surface area (Å²) in [6, 6.07) is 21.7. The van der Waals surface area contributed by atoms with Crippen molar-refractivity contribution in [2.75, 3.05) is 6.54 Å². The number of benzene rings is 3. The lowest BCUT2D eigenvalue weighted by molar-refractivity contribution is -0.137. The van der Waals surface area contributed by atoms with Gasteiger partial charge >= 0.3 is 6.18 Å². The van der Waals surface area contributed by atoms with Gasteiger partial charge in [-0.05, 0) is 60.7 Å². The Kier molecular flexibility index (Phi) is 7.27. The number of amides is 1. The highest BCUT2D eigenvalue weighted by Crippen LogP contribution is 2.40. The van der Waals surface area contributed by atoms with Gasteiger partial charge in [0.05, 0.1) is 29.4 Å². The molecule has 2 atom stereocenters. The fourth-order valence-electron chi connectivity index (χ4n) is 5.20. The quantitative estimate of drug-likeness (QED) is 0.327. The molecule has 1 N–H and O–H groups in total. The topological polar surface area (TPSA) is 71.2 Å². The molecule has 9 heteroatoms. The van der Waals surface area contributed by atoms with Crippen molar-refractivity contribution in [2.45, 2.75) is 50.6 Å². The molecule has 39 heavy (non-hydrogen) atoms. The molecule has 4 aromatic rings. The Morgan fingerprint density at radius 3 is 2.38 bits per heavy atom. The molecule has 2 unspecified atom stereocenters. The zero-order valence-electron chi connectivity index (χ0n) is 21.5. The third kappa shape index (κ3) is 5.73. The van der Waals surface area contributed by atoms with Gasteiger partial charge in [0.15, 0.2) is 0 Å². The average Bonchev–Trinajstić information content (AvgIpc) is 3.55. The van der Waals surface area contributed by atoms with Gasteiger partial charge in [-0.2, -0.15) is 13.2 Å².